The van der Waals surface area contributed by atoms with Crippen LogP contribution in [0.1, 0.15) is 43.4 Å². The fourth-order valence-corrected chi connectivity index (χ4v) is 2.99. The Hall–Kier alpha value is -0.860. The predicted octanol–water partition coefficient (Wildman–Crippen LogP) is 2.73. The molecular weight excluding hydrogens is 208 g/mol. The minimum atomic E-state index is 0.172. The van der Waals surface area contributed by atoms with Crippen LogP contribution in [0.5, 0.6) is 0 Å². The van der Waals surface area contributed by atoms with Gasteiger partial charge in [0.05, 0.1) is 0 Å². The molecule has 1 aromatic carbocycles. The van der Waals surface area contributed by atoms with E-state index in [0.29, 0.717) is 6.04 Å². The van der Waals surface area contributed by atoms with Crippen molar-refractivity contribution in [3.05, 3.63) is 35.4 Å². The summed E-state index contributed by atoms with van der Waals surface area (Å²) in [4.78, 5) is 2.44. The summed E-state index contributed by atoms with van der Waals surface area (Å²) in [6.45, 7) is 3.37. The first kappa shape index (κ1) is 12.6. The molecule has 2 nitrogen and oxygen atoms in total. The van der Waals surface area contributed by atoms with Gasteiger partial charge in [-0.05, 0) is 50.4 Å². The van der Waals surface area contributed by atoms with Crippen molar-refractivity contribution in [2.45, 2.75) is 44.7 Å². The third kappa shape index (κ3) is 2.70. The monoisotopic (exact) mass is 232 g/mol. The molecule has 2 N–H and O–H groups in total. The van der Waals surface area contributed by atoms with Gasteiger partial charge in [-0.15, -0.1) is 0 Å². The summed E-state index contributed by atoms with van der Waals surface area (Å²) in [7, 11) is 2.21. The third-order valence-electron chi connectivity index (χ3n) is 3.92. The minimum absolute atomic E-state index is 0.172. The minimum Gasteiger partial charge on any atom is -0.323 e. The first-order chi connectivity index (χ1) is 8.24. The maximum atomic E-state index is 6.48. The molecule has 0 aromatic heterocycles. The number of nitrogens with zero attached hydrogens (tertiary/aromatic N) is 1. The second kappa shape index (κ2) is 5.65. The molecule has 0 saturated heterocycles. The lowest BCUT2D eigenvalue weighted by atomic mass is 9.96. The van der Waals surface area contributed by atoms with E-state index in [1.807, 2.05) is 0 Å². The fourth-order valence-electron chi connectivity index (χ4n) is 2.99. The number of likely N-dealkylation sites (N-methyl/N-ethyl adjacent to an activating group) is 1. The van der Waals surface area contributed by atoms with Crippen molar-refractivity contribution in [2.24, 2.45) is 5.73 Å². The summed E-state index contributed by atoms with van der Waals surface area (Å²) >= 11 is 0. The first-order valence-corrected chi connectivity index (χ1v) is 6.77. The summed E-state index contributed by atoms with van der Waals surface area (Å²) in [5.41, 5.74) is 9.29. The van der Waals surface area contributed by atoms with Crippen molar-refractivity contribution in [1.82, 2.24) is 4.90 Å². The van der Waals surface area contributed by atoms with Crippen LogP contribution in [0, 0.1) is 0 Å². The van der Waals surface area contributed by atoms with Crippen LogP contribution in [-0.2, 0) is 6.42 Å². The van der Waals surface area contributed by atoms with Crippen LogP contribution in [0.3, 0.4) is 0 Å². The van der Waals surface area contributed by atoms with Crippen molar-refractivity contribution in [3.8, 4) is 0 Å². The Bertz CT molecular complexity index is 362. The molecule has 2 heteroatoms. The van der Waals surface area contributed by atoms with Gasteiger partial charge in [0.1, 0.15) is 0 Å². The number of fused-ring (bicyclic) bond motifs is 1. The lowest BCUT2D eigenvalue weighted by molar-refractivity contribution is 0.201. The maximum absolute atomic E-state index is 6.48. The van der Waals surface area contributed by atoms with Crippen molar-refractivity contribution in [3.63, 3.8) is 0 Å². The second-order valence-corrected chi connectivity index (χ2v) is 5.16. The number of nitrogens with two attached hydrogens (primary N) is 1. The summed E-state index contributed by atoms with van der Waals surface area (Å²) in [6, 6.07) is 9.35. The third-order valence-corrected chi connectivity index (χ3v) is 3.92. The molecule has 17 heavy (non-hydrogen) atoms. The lowest BCUT2D eigenvalue weighted by Gasteiger charge is -2.32. The average molecular weight is 232 g/mol. The average Bonchev–Trinajstić information content (AvgIpc) is 2.50. The van der Waals surface area contributed by atoms with E-state index in [1.54, 1.807) is 0 Å². The molecule has 0 heterocycles. The first-order valence-electron chi connectivity index (χ1n) is 6.77. The van der Waals surface area contributed by atoms with E-state index >= 15 is 0 Å². The van der Waals surface area contributed by atoms with E-state index in [1.165, 1.54) is 36.8 Å². The van der Waals surface area contributed by atoms with E-state index in [2.05, 4.69) is 43.1 Å². The molecule has 0 radical (unpaired) electrons. The van der Waals surface area contributed by atoms with Crippen LogP contribution in [0.25, 0.3) is 0 Å². The Kier molecular flexibility index (Phi) is 4.19. The van der Waals surface area contributed by atoms with Gasteiger partial charge in [0.25, 0.3) is 0 Å². The number of hydrogen-bond donors (Lipinski definition) is 1. The van der Waals surface area contributed by atoms with Crippen LogP contribution in [-0.4, -0.2) is 24.5 Å². The Labute approximate surface area is 105 Å². The van der Waals surface area contributed by atoms with Gasteiger partial charge >= 0.3 is 0 Å². The molecule has 0 spiro atoms. The van der Waals surface area contributed by atoms with Crippen LogP contribution in [0.4, 0.5) is 0 Å². The molecule has 2 rings (SSSR count). The summed E-state index contributed by atoms with van der Waals surface area (Å²) in [5.74, 6) is 0. The molecule has 1 aromatic rings. The molecule has 0 aliphatic heterocycles. The maximum Gasteiger partial charge on any atom is 0.0455 e. The van der Waals surface area contributed by atoms with Crippen LogP contribution in [0.2, 0.25) is 0 Å². The Morgan fingerprint density at radius 1 is 1.35 bits per heavy atom. The molecule has 1 aliphatic carbocycles. The zero-order chi connectivity index (χ0) is 12.3. The second-order valence-electron chi connectivity index (χ2n) is 5.16. The topological polar surface area (TPSA) is 29.3 Å². The molecule has 0 saturated carbocycles. The highest BCUT2D eigenvalue weighted by atomic mass is 15.1. The van der Waals surface area contributed by atoms with E-state index in [4.69, 9.17) is 5.73 Å². The molecule has 2 unspecified atom stereocenters. The van der Waals surface area contributed by atoms with Crippen molar-refractivity contribution in [2.75, 3.05) is 13.6 Å². The van der Waals surface area contributed by atoms with Gasteiger partial charge in [-0.3, -0.25) is 0 Å². The predicted molar refractivity (Wildman–Crippen MR) is 73.0 cm³/mol. The van der Waals surface area contributed by atoms with Crippen LogP contribution in [0.15, 0.2) is 24.3 Å². The number of benzene rings is 1. The molecule has 0 bridgehead atoms. The zero-order valence-electron chi connectivity index (χ0n) is 11.0. The van der Waals surface area contributed by atoms with E-state index in [9.17, 15) is 0 Å². The quantitative estimate of drug-likeness (QED) is 0.812. The number of rotatable bonds is 3. The molecular formula is C15H24N2. The number of hydrogen-bond acceptors (Lipinski definition) is 2. The van der Waals surface area contributed by atoms with Gasteiger partial charge in [0.2, 0.25) is 0 Å². The normalized spacial score (nSPS) is 24.5. The molecule has 2 atom stereocenters. The highest BCUT2D eigenvalue weighted by Crippen LogP contribution is 2.29. The van der Waals surface area contributed by atoms with Gasteiger partial charge in [-0.25, -0.2) is 0 Å². The van der Waals surface area contributed by atoms with Crippen LogP contribution < -0.4 is 5.73 Å². The molecule has 0 amide bonds. The van der Waals surface area contributed by atoms with Gasteiger partial charge in [-0.1, -0.05) is 31.2 Å². The van der Waals surface area contributed by atoms with Gasteiger partial charge in [-0.2, -0.15) is 0 Å². The molecule has 94 valence electrons. The van der Waals surface area contributed by atoms with Crippen molar-refractivity contribution < 1.29 is 0 Å². The van der Waals surface area contributed by atoms with Gasteiger partial charge in [0, 0.05) is 12.1 Å². The standard InChI is InChI=1S/C15H24N2/c1-3-11-17(2)14-10-6-8-12-7-4-5-9-13(12)15(14)16/h4-5,7,9,14-15H,3,6,8,10-11,16H2,1-2H3. The highest BCUT2D eigenvalue weighted by Gasteiger charge is 2.26. The zero-order valence-corrected chi connectivity index (χ0v) is 11.0. The van der Waals surface area contributed by atoms with Gasteiger partial charge < -0.3 is 10.6 Å². The van der Waals surface area contributed by atoms with Crippen molar-refractivity contribution in [1.29, 1.82) is 0 Å². The highest BCUT2D eigenvalue weighted by molar-refractivity contribution is 5.32. The number of aryl methyl sites for hydroxylation is 1. The van der Waals surface area contributed by atoms with E-state index in [-0.39, 0.29) is 6.04 Å². The van der Waals surface area contributed by atoms with Crippen LogP contribution >= 0.6 is 0 Å². The SMILES string of the molecule is CCCN(C)C1CCCc2ccccc2C1N. The van der Waals surface area contributed by atoms with E-state index in [0.717, 1.165) is 6.54 Å². The van der Waals surface area contributed by atoms with Gasteiger partial charge in [0.15, 0.2) is 0 Å². The fraction of sp³-hybridized carbons (Fsp3) is 0.600. The smallest absolute Gasteiger partial charge is 0.0455 e. The largest absolute Gasteiger partial charge is 0.323 e. The summed E-state index contributed by atoms with van der Waals surface area (Å²) < 4.78 is 0. The molecule has 1 aliphatic rings. The lowest BCUT2D eigenvalue weighted by Crippen LogP contribution is -2.40. The summed E-state index contributed by atoms with van der Waals surface area (Å²) in [6.07, 6.45) is 4.84. The van der Waals surface area contributed by atoms with Crippen molar-refractivity contribution >= 4 is 0 Å². The Morgan fingerprint density at radius 2 is 2.12 bits per heavy atom. The summed E-state index contributed by atoms with van der Waals surface area (Å²) in [5, 5.41) is 0. The van der Waals surface area contributed by atoms with E-state index < -0.39 is 0 Å². The molecule has 0 fully saturated rings. The Morgan fingerprint density at radius 3 is 2.88 bits per heavy atom. The Balaban J connectivity index is 2.22.